The summed E-state index contributed by atoms with van der Waals surface area (Å²) in [5.74, 6) is 0.101. The minimum Gasteiger partial charge on any atom is -0.506 e. The second-order valence-electron chi connectivity index (χ2n) is 3.19. The maximum atomic E-state index is 9.60. The van der Waals surface area contributed by atoms with Gasteiger partial charge in [0.15, 0.2) is 0 Å². The Labute approximate surface area is 85.4 Å². The van der Waals surface area contributed by atoms with Gasteiger partial charge in [0.05, 0.1) is 4.70 Å². The number of aryl methyl sites for hydroxylation is 1. The molecule has 2 aromatic rings. The number of fused-ring (bicyclic) bond motifs is 1. The third-order valence-electron chi connectivity index (χ3n) is 2.04. The lowest BCUT2D eigenvalue weighted by Gasteiger charge is -2.01. The Hall–Kier alpha value is -1.04. The summed E-state index contributed by atoms with van der Waals surface area (Å²) in [6.07, 6.45) is 0. The van der Waals surface area contributed by atoms with Gasteiger partial charge >= 0.3 is 7.12 Å². The lowest BCUT2D eigenvalue weighted by atomic mass is 9.80. The summed E-state index contributed by atoms with van der Waals surface area (Å²) in [6.45, 7) is 1.94. The molecule has 0 aliphatic rings. The summed E-state index contributed by atoms with van der Waals surface area (Å²) in [6, 6.07) is 4.96. The first-order valence-electron chi connectivity index (χ1n) is 4.17. The predicted molar refractivity (Wildman–Crippen MR) is 58.1 cm³/mol. The number of benzene rings is 1. The highest BCUT2D eigenvalue weighted by molar-refractivity contribution is 7.19. The van der Waals surface area contributed by atoms with Crippen molar-refractivity contribution in [3.63, 3.8) is 0 Å². The minimum atomic E-state index is -1.54. The second kappa shape index (κ2) is 3.27. The molecular formula is C9H9BO3S. The van der Waals surface area contributed by atoms with E-state index in [-0.39, 0.29) is 5.75 Å². The Morgan fingerprint density at radius 3 is 2.57 bits per heavy atom. The molecule has 3 N–H and O–H groups in total. The third-order valence-corrected chi connectivity index (χ3v) is 3.13. The van der Waals surface area contributed by atoms with Gasteiger partial charge in [0.2, 0.25) is 0 Å². The SMILES string of the molecule is Cc1cc2cc(B(O)O)cc(O)c2s1. The topological polar surface area (TPSA) is 60.7 Å². The maximum absolute atomic E-state index is 9.60. The van der Waals surface area contributed by atoms with Crippen molar-refractivity contribution in [2.24, 2.45) is 0 Å². The van der Waals surface area contributed by atoms with Gasteiger partial charge in [0.25, 0.3) is 0 Å². The zero-order chi connectivity index (χ0) is 10.3. The molecule has 0 amide bonds. The number of phenolic OH excluding ortho intramolecular Hbond substituents is 1. The highest BCUT2D eigenvalue weighted by Crippen LogP contribution is 2.31. The van der Waals surface area contributed by atoms with Crippen LogP contribution in [0.25, 0.3) is 10.1 Å². The third kappa shape index (κ3) is 1.50. The largest absolute Gasteiger partial charge is 0.506 e. The quantitative estimate of drug-likeness (QED) is 0.601. The van der Waals surface area contributed by atoms with Crippen LogP contribution < -0.4 is 5.46 Å². The van der Waals surface area contributed by atoms with Gasteiger partial charge in [-0.2, -0.15) is 0 Å². The predicted octanol–water partition coefficient (Wildman–Crippen LogP) is 0.595. The number of phenols is 1. The Kier molecular flexibility index (Phi) is 2.22. The van der Waals surface area contributed by atoms with Gasteiger partial charge in [0.1, 0.15) is 5.75 Å². The van der Waals surface area contributed by atoms with E-state index < -0.39 is 7.12 Å². The zero-order valence-corrected chi connectivity index (χ0v) is 8.38. The van der Waals surface area contributed by atoms with Crippen molar-refractivity contribution in [1.29, 1.82) is 0 Å². The van der Waals surface area contributed by atoms with Gasteiger partial charge in [-0.05, 0) is 29.9 Å². The monoisotopic (exact) mass is 208 g/mol. The van der Waals surface area contributed by atoms with E-state index in [9.17, 15) is 5.11 Å². The summed E-state index contributed by atoms with van der Waals surface area (Å²) in [7, 11) is -1.54. The van der Waals surface area contributed by atoms with Gasteiger partial charge in [-0.3, -0.25) is 0 Å². The van der Waals surface area contributed by atoms with Crippen molar-refractivity contribution in [2.75, 3.05) is 0 Å². The standard InChI is InChI=1S/C9H9BO3S/c1-5-2-6-3-7(10(12)13)4-8(11)9(6)14-5/h2-4,11-13H,1H3. The van der Waals surface area contributed by atoms with Crippen molar-refractivity contribution >= 4 is 34.0 Å². The summed E-state index contributed by atoms with van der Waals surface area (Å²) >= 11 is 1.49. The molecule has 1 heterocycles. The van der Waals surface area contributed by atoms with Crippen LogP contribution in [0.1, 0.15) is 4.88 Å². The fourth-order valence-electron chi connectivity index (χ4n) is 1.44. The maximum Gasteiger partial charge on any atom is 0.488 e. The Morgan fingerprint density at radius 1 is 1.21 bits per heavy atom. The van der Waals surface area contributed by atoms with Gasteiger partial charge < -0.3 is 15.2 Å². The lowest BCUT2D eigenvalue weighted by Crippen LogP contribution is -2.29. The van der Waals surface area contributed by atoms with Crippen LogP contribution in [-0.2, 0) is 0 Å². The number of hydrogen-bond acceptors (Lipinski definition) is 4. The second-order valence-corrected chi connectivity index (χ2v) is 4.45. The number of rotatable bonds is 1. The van der Waals surface area contributed by atoms with E-state index in [1.807, 2.05) is 13.0 Å². The van der Waals surface area contributed by atoms with Crippen molar-refractivity contribution in [3.8, 4) is 5.75 Å². The van der Waals surface area contributed by atoms with E-state index in [4.69, 9.17) is 10.0 Å². The molecule has 5 heteroatoms. The molecule has 0 aliphatic carbocycles. The van der Waals surface area contributed by atoms with Gasteiger partial charge in [-0.1, -0.05) is 6.07 Å². The van der Waals surface area contributed by atoms with Crippen molar-refractivity contribution in [1.82, 2.24) is 0 Å². The van der Waals surface area contributed by atoms with Crippen LogP contribution in [0, 0.1) is 6.92 Å². The molecule has 72 valence electrons. The first kappa shape index (κ1) is 9.52. The van der Waals surface area contributed by atoms with Crippen molar-refractivity contribution < 1.29 is 15.2 Å². The van der Waals surface area contributed by atoms with Crippen LogP contribution in [0.4, 0.5) is 0 Å². The fraction of sp³-hybridized carbons (Fsp3) is 0.111. The van der Waals surface area contributed by atoms with E-state index >= 15 is 0 Å². The number of thiophene rings is 1. The van der Waals surface area contributed by atoms with E-state index in [1.54, 1.807) is 6.07 Å². The molecule has 0 atom stereocenters. The van der Waals surface area contributed by atoms with Crippen LogP contribution in [0.3, 0.4) is 0 Å². The van der Waals surface area contributed by atoms with Crippen LogP contribution in [0.5, 0.6) is 5.75 Å². The molecule has 2 rings (SSSR count). The summed E-state index contributed by atoms with van der Waals surface area (Å²) in [5, 5.41) is 28.4. The summed E-state index contributed by atoms with van der Waals surface area (Å²) in [5.41, 5.74) is 0.313. The van der Waals surface area contributed by atoms with Gasteiger partial charge in [-0.15, -0.1) is 11.3 Å². The van der Waals surface area contributed by atoms with E-state index in [0.717, 1.165) is 15.0 Å². The van der Waals surface area contributed by atoms with Crippen molar-refractivity contribution in [2.45, 2.75) is 6.92 Å². The average Bonchev–Trinajstić information content (AvgIpc) is 2.45. The number of aromatic hydroxyl groups is 1. The molecule has 0 unspecified atom stereocenters. The molecular weight excluding hydrogens is 199 g/mol. The molecule has 3 nitrogen and oxygen atoms in total. The summed E-state index contributed by atoms with van der Waals surface area (Å²) < 4.78 is 0.784. The Morgan fingerprint density at radius 2 is 1.93 bits per heavy atom. The normalized spacial score (nSPS) is 10.8. The smallest absolute Gasteiger partial charge is 0.488 e. The first-order chi connectivity index (χ1) is 6.58. The van der Waals surface area contributed by atoms with Crippen LogP contribution in [0.2, 0.25) is 0 Å². The average molecular weight is 208 g/mol. The zero-order valence-electron chi connectivity index (χ0n) is 7.56. The van der Waals surface area contributed by atoms with E-state index in [0.29, 0.717) is 5.46 Å². The molecule has 0 saturated heterocycles. The minimum absolute atomic E-state index is 0.101. The molecule has 0 aliphatic heterocycles. The molecule has 0 bridgehead atoms. The molecule has 0 spiro atoms. The highest BCUT2D eigenvalue weighted by Gasteiger charge is 2.14. The Bertz CT molecular complexity index is 478. The van der Waals surface area contributed by atoms with Gasteiger partial charge in [-0.25, -0.2) is 0 Å². The number of hydrogen-bond donors (Lipinski definition) is 3. The van der Waals surface area contributed by atoms with E-state index in [2.05, 4.69) is 0 Å². The van der Waals surface area contributed by atoms with Gasteiger partial charge in [0, 0.05) is 4.88 Å². The highest BCUT2D eigenvalue weighted by atomic mass is 32.1. The first-order valence-corrected chi connectivity index (χ1v) is 4.99. The van der Waals surface area contributed by atoms with Crippen LogP contribution in [0.15, 0.2) is 18.2 Å². The molecule has 0 fully saturated rings. The molecule has 1 aromatic carbocycles. The molecule has 14 heavy (non-hydrogen) atoms. The van der Waals surface area contributed by atoms with Crippen LogP contribution >= 0.6 is 11.3 Å². The fourth-order valence-corrected chi connectivity index (χ4v) is 2.34. The molecule has 0 radical (unpaired) electrons. The van der Waals surface area contributed by atoms with Crippen molar-refractivity contribution in [3.05, 3.63) is 23.1 Å². The Balaban J connectivity index is 2.71. The van der Waals surface area contributed by atoms with Crippen LogP contribution in [-0.4, -0.2) is 22.3 Å². The van der Waals surface area contributed by atoms with E-state index in [1.165, 1.54) is 17.4 Å². The lowest BCUT2D eigenvalue weighted by molar-refractivity contribution is 0.425. The molecule has 1 aromatic heterocycles. The summed E-state index contributed by atoms with van der Waals surface area (Å²) in [4.78, 5) is 1.08. The molecule has 0 saturated carbocycles.